The van der Waals surface area contributed by atoms with Gasteiger partial charge in [0.2, 0.25) is 0 Å². The molecule has 0 N–H and O–H groups in total. The Labute approximate surface area is 123 Å². The first-order valence-corrected chi connectivity index (χ1v) is 7.37. The average Bonchev–Trinajstić information content (AvgIpc) is 2.46. The Morgan fingerprint density at radius 1 is 1.20 bits per heavy atom. The van der Waals surface area contributed by atoms with Gasteiger partial charge >= 0.3 is 0 Å². The maximum atomic E-state index is 10.8. The summed E-state index contributed by atoms with van der Waals surface area (Å²) >= 11 is 1.32. The maximum Gasteiger partial charge on any atom is 0.185 e. The third-order valence-corrected chi connectivity index (χ3v) is 3.63. The van der Waals surface area contributed by atoms with Gasteiger partial charge in [-0.3, -0.25) is 4.79 Å². The van der Waals surface area contributed by atoms with Gasteiger partial charge in [0.1, 0.15) is 5.75 Å². The molecule has 0 saturated carbocycles. The lowest BCUT2D eigenvalue weighted by Gasteiger charge is -2.02. The fourth-order valence-electron chi connectivity index (χ4n) is 1.84. The minimum atomic E-state index is 0.145. The fourth-order valence-corrected chi connectivity index (χ4v) is 2.33. The van der Waals surface area contributed by atoms with Crippen LogP contribution in [0.5, 0.6) is 5.75 Å². The van der Waals surface area contributed by atoms with Crippen molar-refractivity contribution in [1.82, 2.24) is 0 Å². The van der Waals surface area contributed by atoms with E-state index in [-0.39, 0.29) is 5.12 Å². The molecule has 0 aliphatic rings. The van der Waals surface area contributed by atoms with Gasteiger partial charge in [-0.25, -0.2) is 0 Å². The summed E-state index contributed by atoms with van der Waals surface area (Å²) in [5, 5.41) is 2.43. The second-order valence-corrected chi connectivity index (χ2v) is 5.59. The van der Waals surface area contributed by atoms with Gasteiger partial charge in [-0.1, -0.05) is 35.7 Å². The third-order valence-electron chi connectivity index (χ3n) is 2.81. The molecule has 0 aliphatic heterocycles. The van der Waals surface area contributed by atoms with E-state index in [0.717, 1.165) is 34.3 Å². The number of thioether (sulfide) groups is 1. The van der Waals surface area contributed by atoms with E-state index in [1.54, 1.807) is 14.0 Å². The maximum absolute atomic E-state index is 10.8. The molecule has 2 aromatic rings. The Balaban J connectivity index is 2.08. The molecule has 0 unspecified atom stereocenters. The number of carbonyl (C=O) groups is 1. The summed E-state index contributed by atoms with van der Waals surface area (Å²) in [5.41, 5.74) is 0.996. The van der Waals surface area contributed by atoms with Gasteiger partial charge in [0.15, 0.2) is 5.12 Å². The lowest BCUT2D eigenvalue weighted by atomic mass is 10.1. The second-order valence-electron chi connectivity index (χ2n) is 4.32. The van der Waals surface area contributed by atoms with Crippen LogP contribution in [-0.2, 0) is 4.79 Å². The Morgan fingerprint density at radius 3 is 2.70 bits per heavy atom. The SMILES string of the molecule is COc1ccc2cc(C#CCCSC(C)=O)ccc2c1. The normalized spacial score (nSPS) is 9.90. The molecule has 0 aromatic heterocycles. The smallest absolute Gasteiger partial charge is 0.185 e. The molecule has 0 spiro atoms. The summed E-state index contributed by atoms with van der Waals surface area (Å²) in [5.74, 6) is 7.85. The average molecular weight is 284 g/mol. The zero-order valence-electron chi connectivity index (χ0n) is 11.6. The van der Waals surface area contributed by atoms with E-state index in [2.05, 4.69) is 17.9 Å². The highest BCUT2D eigenvalue weighted by atomic mass is 32.2. The van der Waals surface area contributed by atoms with Crippen LogP contribution >= 0.6 is 11.8 Å². The van der Waals surface area contributed by atoms with Gasteiger partial charge in [0, 0.05) is 24.7 Å². The topological polar surface area (TPSA) is 26.3 Å². The summed E-state index contributed by atoms with van der Waals surface area (Å²) < 4.78 is 5.21. The van der Waals surface area contributed by atoms with Gasteiger partial charge in [0.25, 0.3) is 0 Å². The molecule has 0 amide bonds. The van der Waals surface area contributed by atoms with Crippen LogP contribution in [0.2, 0.25) is 0 Å². The van der Waals surface area contributed by atoms with Crippen LogP contribution < -0.4 is 4.74 Å². The first kappa shape index (κ1) is 14.5. The molecular formula is C17H16O2S. The lowest BCUT2D eigenvalue weighted by molar-refractivity contribution is -0.109. The summed E-state index contributed by atoms with van der Waals surface area (Å²) in [6.07, 6.45) is 0.727. The predicted molar refractivity (Wildman–Crippen MR) is 85.1 cm³/mol. The van der Waals surface area contributed by atoms with Crippen LogP contribution in [0.25, 0.3) is 10.8 Å². The summed E-state index contributed by atoms with van der Waals surface area (Å²) in [4.78, 5) is 10.8. The van der Waals surface area contributed by atoms with Gasteiger partial charge in [-0.15, -0.1) is 0 Å². The number of hydrogen-bond acceptors (Lipinski definition) is 3. The van der Waals surface area contributed by atoms with Crippen LogP contribution in [0.3, 0.4) is 0 Å². The van der Waals surface area contributed by atoms with Crippen LogP contribution in [0.15, 0.2) is 36.4 Å². The largest absolute Gasteiger partial charge is 0.497 e. The number of methoxy groups -OCH3 is 1. The molecule has 0 saturated heterocycles. The van der Waals surface area contributed by atoms with E-state index in [4.69, 9.17) is 4.74 Å². The van der Waals surface area contributed by atoms with Crippen molar-refractivity contribution in [3.8, 4) is 17.6 Å². The molecule has 0 radical (unpaired) electrons. The van der Waals surface area contributed by atoms with Crippen LogP contribution in [0, 0.1) is 11.8 Å². The molecule has 0 fully saturated rings. The molecule has 20 heavy (non-hydrogen) atoms. The Bertz CT molecular complexity index is 680. The Kier molecular flexibility index (Phi) is 5.09. The van der Waals surface area contributed by atoms with E-state index in [1.807, 2.05) is 30.3 Å². The van der Waals surface area contributed by atoms with E-state index in [1.165, 1.54) is 11.8 Å². The van der Waals surface area contributed by atoms with E-state index < -0.39 is 0 Å². The van der Waals surface area contributed by atoms with Crippen molar-refractivity contribution >= 4 is 27.6 Å². The fraction of sp³-hybridized carbons (Fsp3) is 0.235. The molecule has 2 aromatic carbocycles. The highest BCUT2D eigenvalue weighted by Crippen LogP contribution is 2.21. The van der Waals surface area contributed by atoms with Gasteiger partial charge in [-0.05, 0) is 35.0 Å². The van der Waals surface area contributed by atoms with Gasteiger partial charge < -0.3 is 4.74 Å². The van der Waals surface area contributed by atoms with Crippen molar-refractivity contribution in [3.05, 3.63) is 42.0 Å². The Morgan fingerprint density at radius 2 is 1.95 bits per heavy atom. The molecule has 0 bridgehead atoms. The zero-order chi connectivity index (χ0) is 14.4. The van der Waals surface area contributed by atoms with Crippen molar-refractivity contribution in [2.75, 3.05) is 12.9 Å². The summed E-state index contributed by atoms with van der Waals surface area (Å²) in [7, 11) is 1.67. The standard InChI is InChI=1S/C17H16O2S/c1-13(18)20-10-4-3-5-14-6-7-16-12-17(19-2)9-8-15(16)11-14/h6-9,11-12H,4,10H2,1-2H3. The van der Waals surface area contributed by atoms with E-state index in [9.17, 15) is 4.79 Å². The number of rotatable bonds is 3. The molecular weight excluding hydrogens is 268 g/mol. The van der Waals surface area contributed by atoms with Crippen molar-refractivity contribution in [2.45, 2.75) is 13.3 Å². The van der Waals surface area contributed by atoms with Gasteiger partial charge in [0.05, 0.1) is 7.11 Å². The third kappa shape index (κ3) is 4.04. The first-order chi connectivity index (χ1) is 9.69. The van der Waals surface area contributed by atoms with Crippen LogP contribution in [0.4, 0.5) is 0 Å². The number of benzene rings is 2. The molecule has 102 valence electrons. The predicted octanol–water partition coefficient (Wildman–Crippen LogP) is 3.87. The molecule has 0 atom stereocenters. The van der Waals surface area contributed by atoms with Crippen molar-refractivity contribution in [2.24, 2.45) is 0 Å². The van der Waals surface area contributed by atoms with Crippen LogP contribution in [0.1, 0.15) is 18.9 Å². The van der Waals surface area contributed by atoms with Crippen molar-refractivity contribution in [1.29, 1.82) is 0 Å². The summed E-state index contributed by atoms with van der Waals surface area (Å²) in [6, 6.07) is 12.1. The Hall–Kier alpha value is -1.92. The molecule has 3 heteroatoms. The van der Waals surface area contributed by atoms with Gasteiger partial charge in [-0.2, -0.15) is 0 Å². The van der Waals surface area contributed by atoms with Crippen molar-refractivity contribution in [3.63, 3.8) is 0 Å². The number of hydrogen-bond donors (Lipinski definition) is 0. The zero-order valence-corrected chi connectivity index (χ0v) is 12.4. The minimum absolute atomic E-state index is 0.145. The monoisotopic (exact) mass is 284 g/mol. The quantitative estimate of drug-likeness (QED) is 0.632. The van der Waals surface area contributed by atoms with Crippen molar-refractivity contribution < 1.29 is 9.53 Å². The molecule has 2 nitrogen and oxygen atoms in total. The highest BCUT2D eigenvalue weighted by molar-refractivity contribution is 8.13. The van der Waals surface area contributed by atoms with E-state index in [0.29, 0.717) is 0 Å². The van der Waals surface area contributed by atoms with Crippen LogP contribution in [-0.4, -0.2) is 18.0 Å². The first-order valence-electron chi connectivity index (χ1n) is 6.39. The number of carbonyl (C=O) groups excluding carboxylic acids is 1. The molecule has 0 aliphatic carbocycles. The molecule has 0 heterocycles. The molecule has 2 rings (SSSR count). The second kappa shape index (κ2) is 7.02. The number of ether oxygens (including phenoxy) is 1. The number of fused-ring (bicyclic) bond motifs is 1. The lowest BCUT2D eigenvalue weighted by Crippen LogP contribution is -1.84. The van der Waals surface area contributed by atoms with E-state index >= 15 is 0 Å². The highest BCUT2D eigenvalue weighted by Gasteiger charge is 1.97. The summed E-state index contributed by atoms with van der Waals surface area (Å²) in [6.45, 7) is 1.58. The minimum Gasteiger partial charge on any atom is -0.497 e.